The van der Waals surface area contributed by atoms with Gasteiger partial charge in [0.15, 0.2) is 0 Å². The van der Waals surface area contributed by atoms with Gasteiger partial charge in [-0.1, -0.05) is 15.9 Å². The number of hydrogen-bond acceptors (Lipinski definition) is 3. The van der Waals surface area contributed by atoms with E-state index in [-0.39, 0.29) is 15.8 Å². The molecule has 0 saturated carbocycles. The lowest BCUT2D eigenvalue weighted by Crippen LogP contribution is -2.18. The van der Waals surface area contributed by atoms with Crippen molar-refractivity contribution >= 4 is 15.9 Å². The van der Waals surface area contributed by atoms with E-state index in [9.17, 15) is 13.2 Å². The molecule has 0 amide bonds. The van der Waals surface area contributed by atoms with Crippen LogP contribution in [0.25, 0.3) is 0 Å². The van der Waals surface area contributed by atoms with Gasteiger partial charge in [0.05, 0.1) is 25.3 Å². The number of ether oxygens (including phenoxy) is 1. The van der Waals surface area contributed by atoms with E-state index in [0.29, 0.717) is 0 Å². The Morgan fingerprint density at radius 3 is 2.47 bits per heavy atom. The van der Waals surface area contributed by atoms with Gasteiger partial charge in [0.25, 0.3) is 0 Å². The Kier molecular flexibility index (Phi) is 4.40. The molecule has 0 fully saturated rings. The highest BCUT2D eigenvalue weighted by atomic mass is 79.9. The Morgan fingerprint density at radius 2 is 2.06 bits per heavy atom. The largest absolute Gasteiger partial charge is 0.496 e. The maximum Gasteiger partial charge on any atom is 0.420 e. The van der Waals surface area contributed by atoms with Gasteiger partial charge in [-0.15, -0.1) is 0 Å². The summed E-state index contributed by atoms with van der Waals surface area (Å²) in [5, 5.41) is 8.92. The number of rotatable bonds is 3. The van der Waals surface area contributed by atoms with Crippen LogP contribution in [0.2, 0.25) is 0 Å². The SMILES string of the molecule is COc1c(C(N)CO)cc(Br)cc1C(F)(F)F. The van der Waals surface area contributed by atoms with Crippen LogP contribution in [0.4, 0.5) is 13.2 Å². The number of methoxy groups -OCH3 is 1. The molecule has 0 aliphatic rings. The summed E-state index contributed by atoms with van der Waals surface area (Å²) >= 11 is 2.97. The predicted molar refractivity (Wildman–Crippen MR) is 59.7 cm³/mol. The highest BCUT2D eigenvalue weighted by Gasteiger charge is 2.36. The predicted octanol–water partition coefficient (Wildman–Crippen LogP) is 2.47. The van der Waals surface area contributed by atoms with Crippen molar-refractivity contribution in [2.24, 2.45) is 5.73 Å². The molecule has 0 saturated heterocycles. The number of aliphatic hydroxyl groups is 1. The topological polar surface area (TPSA) is 55.5 Å². The normalized spacial score (nSPS) is 13.6. The van der Waals surface area contributed by atoms with Crippen LogP contribution in [-0.4, -0.2) is 18.8 Å². The fourth-order valence-electron chi connectivity index (χ4n) is 1.43. The second-order valence-electron chi connectivity index (χ2n) is 3.36. The third kappa shape index (κ3) is 3.11. The Balaban J connectivity index is 3.46. The lowest BCUT2D eigenvalue weighted by Gasteiger charge is -2.19. The Labute approximate surface area is 105 Å². The molecule has 0 bridgehead atoms. The van der Waals surface area contributed by atoms with Gasteiger partial charge in [-0.3, -0.25) is 0 Å². The van der Waals surface area contributed by atoms with E-state index in [0.717, 1.165) is 13.2 Å². The fourth-order valence-corrected chi connectivity index (χ4v) is 1.90. The van der Waals surface area contributed by atoms with Crippen molar-refractivity contribution in [3.05, 3.63) is 27.7 Å². The molecule has 1 atom stereocenters. The van der Waals surface area contributed by atoms with Crippen LogP contribution in [0.1, 0.15) is 17.2 Å². The molecule has 0 heterocycles. The number of benzene rings is 1. The summed E-state index contributed by atoms with van der Waals surface area (Å²) in [4.78, 5) is 0. The monoisotopic (exact) mass is 313 g/mol. The molecule has 1 aromatic rings. The summed E-state index contributed by atoms with van der Waals surface area (Å²) in [5.41, 5.74) is 4.72. The average Bonchev–Trinajstić information content (AvgIpc) is 2.25. The molecule has 0 spiro atoms. The molecule has 0 aromatic heterocycles. The van der Waals surface area contributed by atoms with Gasteiger partial charge in [0.2, 0.25) is 0 Å². The van der Waals surface area contributed by atoms with Gasteiger partial charge in [-0.25, -0.2) is 0 Å². The van der Waals surface area contributed by atoms with Gasteiger partial charge in [0, 0.05) is 10.0 Å². The van der Waals surface area contributed by atoms with Crippen LogP contribution in [0.15, 0.2) is 16.6 Å². The van der Waals surface area contributed by atoms with Gasteiger partial charge in [-0.2, -0.15) is 13.2 Å². The molecule has 3 nitrogen and oxygen atoms in total. The summed E-state index contributed by atoms with van der Waals surface area (Å²) in [6.45, 7) is -0.468. The Morgan fingerprint density at radius 1 is 1.47 bits per heavy atom. The van der Waals surface area contributed by atoms with E-state index in [1.54, 1.807) is 0 Å². The molecule has 3 N–H and O–H groups in total. The first kappa shape index (κ1) is 14.3. The van der Waals surface area contributed by atoms with E-state index < -0.39 is 24.4 Å². The number of nitrogens with two attached hydrogens (primary N) is 1. The summed E-state index contributed by atoms with van der Waals surface area (Å²) in [7, 11) is 1.13. The maximum atomic E-state index is 12.8. The Bertz CT molecular complexity index is 409. The van der Waals surface area contributed by atoms with Gasteiger partial charge >= 0.3 is 6.18 Å². The van der Waals surface area contributed by atoms with Crippen LogP contribution in [0, 0.1) is 0 Å². The van der Waals surface area contributed by atoms with Crippen LogP contribution in [-0.2, 0) is 6.18 Å². The van der Waals surface area contributed by atoms with Crippen molar-refractivity contribution in [1.29, 1.82) is 0 Å². The molecule has 0 aliphatic carbocycles. The zero-order valence-electron chi connectivity index (χ0n) is 8.88. The summed E-state index contributed by atoms with van der Waals surface area (Å²) in [5.74, 6) is -0.359. The number of halogens is 4. The zero-order chi connectivity index (χ0) is 13.2. The van der Waals surface area contributed by atoms with Crippen LogP contribution >= 0.6 is 15.9 Å². The van der Waals surface area contributed by atoms with Crippen molar-refractivity contribution in [3.8, 4) is 5.75 Å². The number of aliphatic hydroxyl groups excluding tert-OH is 1. The molecule has 0 aliphatic heterocycles. The summed E-state index contributed by atoms with van der Waals surface area (Å²) in [6, 6.07) is 1.38. The molecular formula is C10H11BrF3NO2. The molecule has 1 rings (SSSR count). The Hall–Kier alpha value is -0.790. The quantitative estimate of drug-likeness (QED) is 0.901. The summed E-state index contributed by atoms with van der Waals surface area (Å²) < 4.78 is 43.3. The molecular weight excluding hydrogens is 303 g/mol. The zero-order valence-corrected chi connectivity index (χ0v) is 10.5. The minimum atomic E-state index is -4.54. The average molecular weight is 314 g/mol. The minimum absolute atomic E-state index is 0.108. The van der Waals surface area contributed by atoms with Crippen molar-refractivity contribution in [3.63, 3.8) is 0 Å². The standard InChI is InChI=1S/C10H11BrF3NO2/c1-17-9-6(8(15)4-16)2-5(11)3-7(9)10(12,13)14/h2-3,8,16H,4,15H2,1H3. The lowest BCUT2D eigenvalue weighted by molar-refractivity contribution is -0.138. The van der Waals surface area contributed by atoms with Crippen LogP contribution in [0.5, 0.6) is 5.75 Å². The molecule has 17 heavy (non-hydrogen) atoms. The first-order valence-corrected chi connectivity index (χ1v) is 5.41. The van der Waals surface area contributed by atoms with E-state index in [1.807, 2.05) is 0 Å². The van der Waals surface area contributed by atoms with E-state index in [4.69, 9.17) is 15.6 Å². The third-order valence-corrected chi connectivity index (χ3v) is 2.65. The van der Waals surface area contributed by atoms with E-state index >= 15 is 0 Å². The number of alkyl halides is 3. The lowest BCUT2D eigenvalue weighted by atomic mass is 10.0. The van der Waals surface area contributed by atoms with Gasteiger partial charge < -0.3 is 15.6 Å². The first-order valence-electron chi connectivity index (χ1n) is 4.62. The first-order chi connectivity index (χ1) is 7.81. The number of hydrogen-bond donors (Lipinski definition) is 2. The van der Waals surface area contributed by atoms with Gasteiger partial charge in [0.1, 0.15) is 5.75 Å². The molecule has 96 valence electrons. The van der Waals surface area contributed by atoms with E-state index in [1.165, 1.54) is 6.07 Å². The fraction of sp³-hybridized carbons (Fsp3) is 0.400. The molecule has 0 radical (unpaired) electrons. The van der Waals surface area contributed by atoms with Crippen molar-refractivity contribution in [1.82, 2.24) is 0 Å². The second-order valence-corrected chi connectivity index (χ2v) is 4.28. The van der Waals surface area contributed by atoms with Crippen LogP contribution in [0.3, 0.4) is 0 Å². The second kappa shape index (κ2) is 5.24. The molecule has 1 aromatic carbocycles. The van der Waals surface area contributed by atoms with Crippen LogP contribution < -0.4 is 10.5 Å². The molecule has 7 heteroatoms. The maximum absolute atomic E-state index is 12.8. The van der Waals surface area contributed by atoms with Crippen molar-refractivity contribution < 1.29 is 23.0 Å². The minimum Gasteiger partial charge on any atom is -0.496 e. The van der Waals surface area contributed by atoms with Gasteiger partial charge in [-0.05, 0) is 12.1 Å². The van der Waals surface area contributed by atoms with Crippen molar-refractivity contribution in [2.45, 2.75) is 12.2 Å². The third-order valence-electron chi connectivity index (χ3n) is 2.19. The summed E-state index contributed by atoms with van der Waals surface area (Å²) in [6.07, 6.45) is -4.54. The highest BCUT2D eigenvalue weighted by molar-refractivity contribution is 9.10. The molecule has 1 unspecified atom stereocenters. The van der Waals surface area contributed by atoms with Crippen molar-refractivity contribution in [2.75, 3.05) is 13.7 Å². The van der Waals surface area contributed by atoms with E-state index in [2.05, 4.69) is 15.9 Å². The smallest absolute Gasteiger partial charge is 0.420 e. The highest BCUT2D eigenvalue weighted by Crippen LogP contribution is 2.41.